The van der Waals surface area contributed by atoms with Crippen LogP contribution < -0.4 is 11.2 Å². The van der Waals surface area contributed by atoms with Crippen LogP contribution in [0.3, 0.4) is 0 Å². The Morgan fingerprint density at radius 1 is 1.03 bits per heavy atom. The van der Waals surface area contributed by atoms with Crippen LogP contribution in [0, 0.1) is 12.8 Å². The van der Waals surface area contributed by atoms with Crippen molar-refractivity contribution in [2.45, 2.75) is 39.2 Å². The second-order valence-electron chi connectivity index (χ2n) is 9.47. The van der Waals surface area contributed by atoms with Gasteiger partial charge in [0.2, 0.25) is 5.91 Å². The minimum Gasteiger partial charge on any atom is -0.339 e. The Morgan fingerprint density at radius 3 is 2.49 bits per heavy atom. The van der Waals surface area contributed by atoms with Crippen molar-refractivity contribution >= 4 is 22.8 Å². The van der Waals surface area contributed by atoms with Gasteiger partial charge in [-0.2, -0.15) is 0 Å². The fourth-order valence-electron chi connectivity index (χ4n) is 5.18. The van der Waals surface area contributed by atoms with E-state index < -0.39 is 11.2 Å². The van der Waals surface area contributed by atoms with Crippen LogP contribution in [0.2, 0.25) is 0 Å². The molecule has 35 heavy (non-hydrogen) atoms. The molecule has 0 bridgehead atoms. The largest absolute Gasteiger partial charge is 0.339 e. The Hall–Kier alpha value is -3.75. The maximum Gasteiger partial charge on any atom is 0.330 e. The highest BCUT2D eigenvalue weighted by Crippen LogP contribution is 2.27. The number of hydrogen-bond donors (Lipinski definition) is 1. The minimum absolute atomic E-state index is 0.0749. The lowest BCUT2D eigenvalue weighted by atomic mass is 10.0. The van der Waals surface area contributed by atoms with Gasteiger partial charge in [-0.05, 0) is 49.1 Å². The summed E-state index contributed by atoms with van der Waals surface area (Å²) in [6.07, 6.45) is 5.75. The van der Waals surface area contributed by atoms with E-state index in [1.807, 2.05) is 24.0 Å². The highest BCUT2D eigenvalue weighted by Gasteiger charge is 2.31. The average molecular weight is 476 g/mol. The number of fused-ring (bicyclic) bond motifs is 1. The molecule has 2 fully saturated rings. The van der Waals surface area contributed by atoms with E-state index in [0.29, 0.717) is 42.8 Å². The molecule has 2 aromatic heterocycles. The van der Waals surface area contributed by atoms with E-state index in [0.717, 1.165) is 36.8 Å². The second kappa shape index (κ2) is 9.48. The molecule has 3 heterocycles. The summed E-state index contributed by atoms with van der Waals surface area (Å²) in [6, 6.07) is 8.82. The van der Waals surface area contributed by atoms with Gasteiger partial charge < -0.3 is 9.80 Å². The number of carbonyl (C=O) groups is 2. The first-order valence-electron chi connectivity index (χ1n) is 12.2. The second-order valence-corrected chi connectivity index (χ2v) is 9.47. The van der Waals surface area contributed by atoms with Gasteiger partial charge in [-0.25, -0.2) is 9.78 Å². The third-order valence-electron chi connectivity index (χ3n) is 7.21. The lowest BCUT2D eigenvalue weighted by Crippen LogP contribution is -2.51. The molecule has 9 nitrogen and oxygen atoms in total. The summed E-state index contributed by atoms with van der Waals surface area (Å²) >= 11 is 0. The number of aromatic nitrogens is 3. The number of aryl methyl sites for hydroxylation is 1. The first kappa shape index (κ1) is 23.0. The zero-order valence-corrected chi connectivity index (χ0v) is 19.8. The Kier molecular flexibility index (Phi) is 6.23. The lowest BCUT2D eigenvalue weighted by molar-refractivity contribution is -0.136. The smallest absolute Gasteiger partial charge is 0.330 e. The summed E-state index contributed by atoms with van der Waals surface area (Å²) < 4.78 is 1.41. The van der Waals surface area contributed by atoms with Gasteiger partial charge in [0.1, 0.15) is 5.65 Å². The van der Waals surface area contributed by atoms with Crippen LogP contribution in [0.4, 0.5) is 0 Å². The van der Waals surface area contributed by atoms with Crippen LogP contribution >= 0.6 is 0 Å². The molecular formula is C26H29N5O4. The van der Waals surface area contributed by atoms with Crippen LogP contribution in [-0.2, 0) is 11.3 Å². The third-order valence-corrected chi connectivity index (χ3v) is 7.21. The van der Waals surface area contributed by atoms with Crippen molar-refractivity contribution < 1.29 is 9.59 Å². The molecule has 2 amide bonds. The first-order chi connectivity index (χ1) is 16.9. The normalized spacial score (nSPS) is 16.7. The number of pyridine rings is 1. The van der Waals surface area contributed by atoms with Gasteiger partial charge in [0.15, 0.2) is 0 Å². The highest BCUT2D eigenvalue weighted by atomic mass is 16.2. The van der Waals surface area contributed by atoms with Crippen LogP contribution in [0.1, 0.15) is 47.2 Å². The van der Waals surface area contributed by atoms with E-state index >= 15 is 0 Å². The molecule has 3 aromatic rings. The van der Waals surface area contributed by atoms with Gasteiger partial charge in [0.05, 0.1) is 11.9 Å². The number of piperazine rings is 1. The number of aromatic amines is 1. The molecule has 1 aromatic carbocycles. The molecule has 1 aliphatic heterocycles. The Balaban J connectivity index is 1.34. The average Bonchev–Trinajstić information content (AvgIpc) is 3.42. The van der Waals surface area contributed by atoms with E-state index in [9.17, 15) is 19.2 Å². The summed E-state index contributed by atoms with van der Waals surface area (Å²) in [5.74, 6) is 0.312. The highest BCUT2D eigenvalue weighted by molar-refractivity contribution is 5.96. The molecule has 1 aliphatic carbocycles. The van der Waals surface area contributed by atoms with E-state index in [1.54, 1.807) is 29.3 Å². The lowest BCUT2D eigenvalue weighted by Gasteiger charge is -2.36. The summed E-state index contributed by atoms with van der Waals surface area (Å²) in [7, 11) is 0. The summed E-state index contributed by atoms with van der Waals surface area (Å²) in [5.41, 5.74) is 1.47. The van der Waals surface area contributed by atoms with Crippen LogP contribution in [0.15, 0.2) is 46.1 Å². The minimum atomic E-state index is -0.544. The SMILES string of the molecule is Cc1ccc(Cn2c(=O)[nH]c(=O)c3cccnc32)cc1C(=O)N1CCN(C(=O)C2CCCC2)CC1. The summed E-state index contributed by atoms with van der Waals surface area (Å²) in [6.45, 7) is 4.20. The van der Waals surface area contributed by atoms with Crippen LogP contribution in [0.25, 0.3) is 11.0 Å². The van der Waals surface area contributed by atoms with Gasteiger partial charge in [-0.1, -0.05) is 25.0 Å². The molecule has 0 spiro atoms. The molecule has 0 radical (unpaired) electrons. The standard InChI is InChI=1S/C26H29N5O4/c1-17-8-9-18(16-31-22-20(7-4-10-27-22)23(32)28-26(31)35)15-21(17)25(34)30-13-11-29(12-14-30)24(33)19-5-2-3-6-19/h4,7-10,15,19H,2-3,5-6,11-14,16H2,1H3,(H,28,32,35). The van der Waals surface area contributed by atoms with Gasteiger partial charge in [0.25, 0.3) is 11.5 Å². The quantitative estimate of drug-likeness (QED) is 0.620. The van der Waals surface area contributed by atoms with Gasteiger partial charge >= 0.3 is 5.69 Å². The molecule has 0 atom stereocenters. The summed E-state index contributed by atoms with van der Waals surface area (Å²) in [4.78, 5) is 61.0. The molecule has 2 aliphatic rings. The Bertz CT molecular complexity index is 1390. The maximum absolute atomic E-state index is 13.4. The topological polar surface area (TPSA) is 108 Å². The number of nitrogens with zero attached hydrogens (tertiary/aromatic N) is 4. The predicted molar refractivity (Wildman–Crippen MR) is 131 cm³/mol. The third kappa shape index (κ3) is 4.50. The number of nitrogens with one attached hydrogen (secondary N) is 1. The van der Waals surface area contributed by atoms with Gasteiger partial charge in [-0.15, -0.1) is 0 Å². The Morgan fingerprint density at radius 2 is 1.74 bits per heavy atom. The molecule has 1 saturated heterocycles. The number of benzene rings is 1. The van der Waals surface area contributed by atoms with Crippen LogP contribution in [0.5, 0.6) is 0 Å². The van der Waals surface area contributed by atoms with Crippen molar-refractivity contribution in [3.63, 3.8) is 0 Å². The first-order valence-corrected chi connectivity index (χ1v) is 12.2. The van der Waals surface area contributed by atoms with E-state index in [4.69, 9.17) is 0 Å². The molecular weight excluding hydrogens is 446 g/mol. The Labute approximate surface area is 202 Å². The summed E-state index contributed by atoms with van der Waals surface area (Å²) in [5, 5.41) is 0.334. The van der Waals surface area contributed by atoms with Crippen molar-refractivity contribution in [2.75, 3.05) is 26.2 Å². The number of carbonyl (C=O) groups excluding carboxylic acids is 2. The molecule has 5 rings (SSSR count). The van der Waals surface area contributed by atoms with E-state index in [2.05, 4.69) is 9.97 Å². The van der Waals surface area contributed by atoms with Gasteiger partial charge in [-0.3, -0.25) is 23.9 Å². The van der Waals surface area contributed by atoms with Crippen molar-refractivity contribution in [3.8, 4) is 0 Å². The van der Waals surface area contributed by atoms with Crippen molar-refractivity contribution in [2.24, 2.45) is 5.92 Å². The fraction of sp³-hybridized carbons (Fsp3) is 0.423. The number of hydrogen-bond acceptors (Lipinski definition) is 5. The molecule has 1 N–H and O–H groups in total. The van der Waals surface area contributed by atoms with Crippen molar-refractivity contribution in [1.29, 1.82) is 0 Å². The number of amides is 2. The maximum atomic E-state index is 13.4. The zero-order valence-electron chi connectivity index (χ0n) is 19.8. The molecule has 1 saturated carbocycles. The molecule has 0 unspecified atom stereocenters. The van der Waals surface area contributed by atoms with Crippen LogP contribution in [-0.4, -0.2) is 62.3 Å². The molecule has 9 heteroatoms. The van der Waals surface area contributed by atoms with E-state index in [1.165, 1.54) is 4.57 Å². The number of rotatable bonds is 4. The van der Waals surface area contributed by atoms with Gasteiger partial charge in [0, 0.05) is 43.9 Å². The molecule has 182 valence electrons. The van der Waals surface area contributed by atoms with Crippen molar-refractivity contribution in [3.05, 3.63) is 74.1 Å². The monoisotopic (exact) mass is 475 g/mol. The fourth-order valence-corrected chi connectivity index (χ4v) is 5.18. The van der Waals surface area contributed by atoms with E-state index in [-0.39, 0.29) is 24.3 Å². The zero-order chi connectivity index (χ0) is 24.5. The predicted octanol–water partition coefficient (Wildman–Crippen LogP) is 1.92. The number of H-pyrrole nitrogens is 1. The van der Waals surface area contributed by atoms with Crippen molar-refractivity contribution in [1.82, 2.24) is 24.3 Å².